The van der Waals surface area contributed by atoms with Crippen LogP contribution in [0.2, 0.25) is 5.02 Å². The summed E-state index contributed by atoms with van der Waals surface area (Å²) in [5.41, 5.74) is 2.82. The van der Waals surface area contributed by atoms with Gasteiger partial charge in [0.1, 0.15) is 17.5 Å². The van der Waals surface area contributed by atoms with Crippen molar-refractivity contribution in [3.05, 3.63) is 100.0 Å². The summed E-state index contributed by atoms with van der Waals surface area (Å²) in [5, 5.41) is 15.7. The first kappa shape index (κ1) is 29.6. The first-order valence-electron chi connectivity index (χ1n) is 14.1. The molecule has 3 heterocycles. The smallest absolute Gasteiger partial charge is 0.227 e. The SMILES string of the molecule is CC1CN(C(=N)N(C)c2cc(Nc3ncc4c(n3)-c3ccc(Cl)cc3C(c3c(F)cccc3F)=NC4)ccc2F)CC(C)N1. The second-order valence-corrected chi connectivity index (χ2v) is 11.5. The summed E-state index contributed by atoms with van der Waals surface area (Å²) in [7, 11) is 1.67. The van der Waals surface area contributed by atoms with Crippen LogP contribution in [0.15, 0.2) is 65.8 Å². The maximum Gasteiger partial charge on any atom is 0.227 e. The molecule has 3 N–H and O–H groups in total. The zero-order valence-electron chi connectivity index (χ0n) is 24.3. The van der Waals surface area contributed by atoms with Crippen LogP contribution in [0.4, 0.5) is 30.5 Å². The molecule has 0 spiro atoms. The van der Waals surface area contributed by atoms with E-state index in [-0.39, 0.29) is 47.5 Å². The number of guanidine groups is 1. The highest BCUT2D eigenvalue weighted by Crippen LogP contribution is 2.35. The Morgan fingerprint density at radius 2 is 1.73 bits per heavy atom. The van der Waals surface area contributed by atoms with Crippen LogP contribution in [0.1, 0.15) is 30.5 Å². The lowest BCUT2D eigenvalue weighted by molar-refractivity contribution is 0.251. The van der Waals surface area contributed by atoms with Crippen molar-refractivity contribution in [3.63, 3.8) is 0 Å². The molecule has 1 aromatic heterocycles. The zero-order valence-corrected chi connectivity index (χ0v) is 25.1. The molecule has 3 aromatic carbocycles. The molecule has 0 bridgehead atoms. The molecule has 1 fully saturated rings. The number of anilines is 3. The van der Waals surface area contributed by atoms with Gasteiger partial charge in [-0.05, 0) is 56.3 Å². The van der Waals surface area contributed by atoms with E-state index in [1.54, 1.807) is 43.6 Å². The fraction of sp³-hybridized carbons (Fsp3) is 0.250. The second kappa shape index (κ2) is 11.9. The predicted molar refractivity (Wildman–Crippen MR) is 168 cm³/mol. The van der Waals surface area contributed by atoms with Crippen molar-refractivity contribution in [2.24, 2.45) is 4.99 Å². The van der Waals surface area contributed by atoms with Crippen molar-refractivity contribution in [1.82, 2.24) is 20.2 Å². The lowest BCUT2D eigenvalue weighted by atomic mass is 9.95. The summed E-state index contributed by atoms with van der Waals surface area (Å²) in [5.74, 6) is -1.52. The zero-order chi connectivity index (χ0) is 31.1. The quantitative estimate of drug-likeness (QED) is 0.182. The minimum absolute atomic E-state index is 0.0852. The molecule has 4 aromatic rings. The Kier molecular flexibility index (Phi) is 8.00. The van der Waals surface area contributed by atoms with Crippen LogP contribution in [0.3, 0.4) is 0 Å². The first-order valence-corrected chi connectivity index (χ1v) is 14.5. The Labute approximate surface area is 258 Å². The highest BCUT2D eigenvalue weighted by molar-refractivity contribution is 6.31. The Balaban J connectivity index is 1.32. The minimum atomic E-state index is -0.736. The third-order valence-corrected chi connectivity index (χ3v) is 7.94. The lowest BCUT2D eigenvalue weighted by Crippen LogP contribution is -2.58. The van der Waals surface area contributed by atoms with Crippen LogP contribution in [0.5, 0.6) is 0 Å². The first-order chi connectivity index (χ1) is 21.1. The largest absolute Gasteiger partial charge is 0.340 e. The monoisotopic (exact) mass is 618 g/mol. The fourth-order valence-corrected chi connectivity index (χ4v) is 5.90. The highest BCUT2D eigenvalue weighted by Gasteiger charge is 2.27. The molecule has 2 aliphatic heterocycles. The predicted octanol–water partition coefficient (Wildman–Crippen LogP) is 6.36. The van der Waals surface area contributed by atoms with Crippen LogP contribution < -0.4 is 15.5 Å². The van der Waals surface area contributed by atoms with Gasteiger partial charge in [-0.1, -0.05) is 23.7 Å². The van der Waals surface area contributed by atoms with Crippen LogP contribution in [0, 0.1) is 22.9 Å². The molecule has 226 valence electrons. The lowest BCUT2D eigenvalue weighted by Gasteiger charge is -2.40. The Morgan fingerprint density at radius 1 is 1.00 bits per heavy atom. The summed E-state index contributed by atoms with van der Waals surface area (Å²) < 4.78 is 44.8. The number of aliphatic imine (C=N–C) groups is 1. The van der Waals surface area contributed by atoms with E-state index in [1.807, 2.05) is 4.90 Å². The molecule has 1 saturated heterocycles. The third-order valence-electron chi connectivity index (χ3n) is 7.70. The number of piperazine rings is 1. The van der Waals surface area contributed by atoms with Gasteiger partial charge < -0.3 is 20.4 Å². The molecular weight excluding hydrogens is 589 g/mol. The van der Waals surface area contributed by atoms with Crippen molar-refractivity contribution < 1.29 is 13.2 Å². The van der Waals surface area contributed by atoms with E-state index in [4.69, 9.17) is 22.0 Å². The summed E-state index contributed by atoms with van der Waals surface area (Å²) in [6.45, 7) is 5.47. The Hall–Kier alpha value is -4.48. The molecule has 0 aliphatic carbocycles. The number of rotatable bonds is 4. The summed E-state index contributed by atoms with van der Waals surface area (Å²) in [4.78, 5) is 17.2. The number of nitrogens with zero attached hydrogens (tertiary/aromatic N) is 5. The molecule has 0 amide bonds. The number of aromatic nitrogens is 2. The molecule has 12 heteroatoms. The van der Waals surface area contributed by atoms with E-state index in [0.717, 1.165) is 0 Å². The maximum absolute atomic E-state index is 15.0. The standard InChI is InChI=1S/C32H30ClF3N8/c1-17-15-44(16-18(2)40-17)31(37)43(3)27-12-21(8-10-24(27)34)41-32-39-14-19-13-38-30(28-25(35)5-4-6-26(28)36)23-11-20(33)7-9-22(23)29(19)42-32/h4-12,14,17-18,37,40H,13,15-16H2,1-3H3,(H,39,41,42). The van der Waals surface area contributed by atoms with Gasteiger partial charge in [-0.3, -0.25) is 10.4 Å². The van der Waals surface area contributed by atoms with Gasteiger partial charge in [0.25, 0.3) is 0 Å². The van der Waals surface area contributed by atoms with Gasteiger partial charge in [-0.15, -0.1) is 0 Å². The Morgan fingerprint density at radius 3 is 2.45 bits per heavy atom. The number of fused-ring (bicyclic) bond motifs is 3. The number of hydrogen-bond acceptors (Lipinski definition) is 6. The van der Waals surface area contributed by atoms with E-state index >= 15 is 4.39 Å². The van der Waals surface area contributed by atoms with Gasteiger partial charge in [0.05, 0.1) is 29.2 Å². The number of hydrogen-bond donors (Lipinski definition) is 3. The van der Waals surface area contributed by atoms with Crippen molar-refractivity contribution in [3.8, 4) is 11.3 Å². The summed E-state index contributed by atoms with van der Waals surface area (Å²) >= 11 is 6.32. The molecule has 6 rings (SSSR count). The average Bonchev–Trinajstić information content (AvgIpc) is 3.13. The Bertz CT molecular complexity index is 1770. The third kappa shape index (κ3) is 5.72. The van der Waals surface area contributed by atoms with E-state index in [1.165, 1.54) is 29.2 Å². The molecule has 2 atom stereocenters. The van der Waals surface area contributed by atoms with Gasteiger partial charge in [0, 0.05) is 65.8 Å². The van der Waals surface area contributed by atoms with Crippen LogP contribution in [0.25, 0.3) is 11.3 Å². The molecule has 44 heavy (non-hydrogen) atoms. The molecule has 8 nitrogen and oxygen atoms in total. The van der Waals surface area contributed by atoms with Gasteiger partial charge in [-0.25, -0.2) is 23.1 Å². The number of nitrogens with one attached hydrogen (secondary N) is 3. The van der Waals surface area contributed by atoms with Gasteiger partial charge in [0.15, 0.2) is 5.96 Å². The van der Waals surface area contributed by atoms with Crippen molar-refractivity contribution in [2.75, 3.05) is 30.4 Å². The second-order valence-electron chi connectivity index (χ2n) is 11.1. The molecular formula is C32H30ClF3N8. The molecule has 0 saturated carbocycles. The van der Waals surface area contributed by atoms with Crippen LogP contribution in [-0.4, -0.2) is 58.8 Å². The van der Waals surface area contributed by atoms with Gasteiger partial charge >= 0.3 is 0 Å². The molecule has 2 unspecified atom stereocenters. The summed E-state index contributed by atoms with van der Waals surface area (Å²) in [6.07, 6.45) is 1.60. The van der Waals surface area contributed by atoms with Gasteiger partial charge in [0.2, 0.25) is 5.95 Å². The maximum atomic E-state index is 15.0. The summed E-state index contributed by atoms with van der Waals surface area (Å²) in [6, 6.07) is 13.6. The van der Waals surface area contributed by atoms with E-state index in [9.17, 15) is 8.78 Å². The normalized spacial score (nSPS) is 17.7. The fourth-order valence-electron chi connectivity index (χ4n) is 5.72. The van der Waals surface area contributed by atoms with Crippen LogP contribution >= 0.6 is 11.6 Å². The van der Waals surface area contributed by atoms with E-state index in [2.05, 4.69) is 34.5 Å². The topological polar surface area (TPSA) is 92.5 Å². The number of benzene rings is 3. The molecule has 0 radical (unpaired) electrons. The van der Waals surface area contributed by atoms with E-state index in [0.29, 0.717) is 46.2 Å². The van der Waals surface area contributed by atoms with Crippen molar-refractivity contribution >= 4 is 40.6 Å². The van der Waals surface area contributed by atoms with Crippen molar-refractivity contribution in [2.45, 2.75) is 32.5 Å². The van der Waals surface area contributed by atoms with Crippen molar-refractivity contribution in [1.29, 1.82) is 5.41 Å². The number of halogens is 4. The van der Waals surface area contributed by atoms with Gasteiger partial charge in [-0.2, -0.15) is 0 Å². The minimum Gasteiger partial charge on any atom is -0.340 e. The highest BCUT2D eigenvalue weighted by atomic mass is 35.5. The van der Waals surface area contributed by atoms with E-state index < -0.39 is 17.5 Å². The molecule has 2 aliphatic rings. The average molecular weight is 619 g/mol. The van der Waals surface area contributed by atoms with Crippen LogP contribution in [-0.2, 0) is 6.54 Å².